The van der Waals surface area contributed by atoms with Crippen LogP contribution in [-0.2, 0) is 0 Å². The Morgan fingerprint density at radius 2 is 1.90 bits per heavy atom. The molecule has 0 spiro atoms. The first kappa shape index (κ1) is 12.7. The van der Waals surface area contributed by atoms with E-state index in [0.717, 1.165) is 16.3 Å². The molecule has 0 radical (unpaired) electrons. The predicted octanol–water partition coefficient (Wildman–Crippen LogP) is 2.88. The van der Waals surface area contributed by atoms with Gasteiger partial charge in [0.1, 0.15) is 0 Å². The number of carbonyl (C=O) groups is 2. The molecule has 4 N–H and O–H groups in total. The maximum absolute atomic E-state index is 11.4. The van der Waals surface area contributed by atoms with E-state index in [4.69, 9.17) is 10.8 Å². The fourth-order valence-corrected chi connectivity index (χ4v) is 2.87. The van der Waals surface area contributed by atoms with Crippen molar-refractivity contribution in [2.75, 3.05) is 0 Å². The summed E-state index contributed by atoms with van der Waals surface area (Å²) < 4.78 is 0.624. The van der Waals surface area contributed by atoms with E-state index in [1.165, 1.54) is 6.07 Å². The molecule has 0 atom stereocenters. The lowest BCUT2D eigenvalue weighted by Gasteiger charge is -1.99. The molecule has 2 aromatic carbocycles. The second-order valence-corrected chi connectivity index (χ2v) is 5.26. The van der Waals surface area contributed by atoms with Crippen molar-refractivity contribution in [3.63, 3.8) is 0 Å². The first-order valence-corrected chi connectivity index (χ1v) is 6.55. The number of H-pyrrole nitrogens is 1. The number of carboxylic acid groups (broad SMARTS) is 1. The van der Waals surface area contributed by atoms with Gasteiger partial charge in [0.15, 0.2) is 0 Å². The number of aromatic carboxylic acids is 1. The van der Waals surface area contributed by atoms with E-state index in [-0.39, 0.29) is 5.56 Å². The molecular formula is C14H9BrN2O3. The molecule has 1 amide bonds. The summed E-state index contributed by atoms with van der Waals surface area (Å²) in [5, 5.41) is 10.6. The highest BCUT2D eigenvalue weighted by molar-refractivity contribution is 9.10. The predicted molar refractivity (Wildman–Crippen MR) is 79.0 cm³/mol. The fraction of sp³-hybridized carbons (Fsp3) is 0. The molecule has 0 saturated heterocycles. The minimum atomic E-state index is -1.01. The number of hydrogen-bond acceptors (Lipinski definition) is 2. The molecule has 0 bridgehead atoms. The van der Waals surface area contributed by atoms with Crippen LogP contribution in [0.2, 0.25) is 0 Å². The molecule has 0 aliphatic carbocycles. The number of carboxylic acids is 1. The molecule has 0 fully saturated rings. The molecule has 0 saturated carbocycles. The van der Waals surface area contributed by atoms with Gasteiger partial charge in [0, 0.05) is 15.2 Å². The summed E-state index contributed by atoms with van der Waals surface area (Å²) in [4.78, 5) is 25.7. The van der Waals surface area contributed by atoms with E-state index < -0.39 is 11.9 Å². The first-order valence-electron chi connectivity index (χ1n) is 5.76. The maximum Gasteiger partial charge on any atom is 0.335 e. The average molecular weight is 333 g/mol. The standard InChI is InChI=1S/C14H9BrN2O3/c15-10-5-6(14(19)20)4-9-7-2-1-3-8(13(16)18)11(7)17-12(9)10/h1-5,17H,(H2,16,18)(H,19,20). The smallest absolute Gasteiger partial charge is 0.335 e. The van der Waals surface area contributed by atoms with E-state index in [2.05, 4.69) is 20.9 Å². The summed E-state index contributed by atoms with van der Waals surface area (Å²) in [7, 11) is 0. The largest absolute Gasteiger partial charge is 0.478 e. The Morgan fingerprint density at radius 1 is 1.15 bits per heavy atom. The van der Waals surface area contributed by atoms with Gasteiger partial charge < -0.3 is 15.8 Å². The molecule has 3 rings (SSSR count). The van der Waals surface area contributed by atoms with Crippen LogP contribution in [0.5, 0.6) is 0 Å². The normalized spacial score (nSPS) is 11.1. The topological polar surface area (TPSA) is 96.2 Å². The van der Waals surface area contributed by atoms with Crippen LogP contribution >= 0.6 is 15.9 Å². The Balaban J connectivity index is 2.49. The number of aromatic amines is 1. The summed E-state index contributed by atoms with van der Waals surface area (Å²) in [6.07, 6.45) is 0. The van der Waals surface area contributed by atoms with Gasteiger partial charge in [-0.1, -0.05) is 12.1 Å². The molecule has 6 heteroatoms. The second kappa shape index (κ2) is 4.35. The average Bonchev–Trinajstić information content (AvgIpc) is 2.77. The molecule has 0 aliphatic rings. The van der Waals surface area contributed by atoms with Crippen LogP contribution in [0.3, 0.4) is 0 Å². The Hall–Kier alpha value is -2.34. The van der Waals surface area contributed by atoms with Crippen LogP contribution in [0.15, 0.2) is 34.8 Å². The van der Waals surface area contributed by atoms with Gasteiger partial charge in [-0.3, -0.25) is 4.79 Å². The zero-order valence-electron chi connectivity index (χ0n) is 10.1. The van der Waals surface area contributed by atoms with E-state index in [0.29, 0.717) is 15.6 Å². The molecule has 100 valence electrons. The van der Waals surface area contributed by atoms with Gasteiger partial charge in [0.25, 0.3) is 5.91 Å². The van der Waals surface area contributed by atoms with Crippen molar-refractivity contribution in [1.82, 2.24) is 4.98 Å². The van der Waals surface area contributed by atoms with Gasteiger partial charge in [-0.05, 0) is 34.1 Å². The molecule has 3 aromatic rings. The number of nitrogens with one attached hydrogen (secondary N) is 1. The van der Waals surface area contributed by atoms with Crippen LogP contribution < -0.4 is 5.73 Å². The molecule has 0 aliphatic heterocycles. The van der Waals surface area contributed by atoms with Crippen molar-refractivity contribution in [3.05, 3.63) is 45.9 Å². The number of halogens is 1. The number of benzene rings is 2. The number of primary amides is 1. The molecule has 5 nitrogen and oxygen atoms in total. The zero-order valence-corrected chi connectivity index (χ0v) is 11.7. The van der Waals surface area contributed by atoms with Crippen molar-refractivity contribution in [1.29, 1.82) is 0 Å². The van der Waals surface area contributed by atoms with Crippen LogP contribution in [0, 0.1) is 0 Å². The Bertz CT molecular complexity index is 883. The van der Waals surface area contributed by atoms with Gasteiger partial charge in [-0.2, -0.15) is 0 Å². The number of rotatable bonds is 2. The number of hydrogen-bond donors (Lipinski definition) is 3. The van der Waals surface area contributed by atoms with Crippen molar-refractivity contribution in [2.45, 2.75) is 0 Å². The summed E-state index contributed by atoms with van der Waals surface area (Å²) in [5.41, 5.74) is 7.25. The van der Waals surface area contributed by atoms with Crippen molar-refractivity contribution < 1.29 is 14.7 Å². The van der Waals surface area contributed by atoms with E-state index in [1.54, 1.807) is 18.2 Å². The summed E-state index contributed by atoms with van der Waals surface area (Å²) in [5.74, 6) is -1.54. The summed E-state index contributed by atoms with van der Waals surface area (Å²) >= 11 is 3.34. The highest BCUT2D eigenvalue weighted by Gasteiger charge is 2.15. The second-order valence-electron chi connectivity index (χ2n) is 4.40. The van der Waals surface area contributed by atoms with E-state index >= 15 is 0 Å². The number of amides is 1. The number of nitrogens with two attached hydrogens (primary N) is 1. The van der Waals surface area contributed by atoms with E-state index in [1.807, 2.05) is 6.07 Å². The monoisotopic (exact) mass is 332 g/mol. The van der Waals surface area contributed by atoms with Gasteiger partial charge in [0.2, 0.25) is 0 Å². The first-order chi connectivity index (χ1) is 9.49. The lowest BCUT2D eigenvalue weighted by Crippen LogP contribution is -2.11. The van der Waals surface area contributed by atoms with E-state index in [9.17, 15) is 9.59 Å². The maximum atomic E-state index is 11.4. The minimum Gasteiger partial charge on any atom is -0.478 e. The highest BCUT2D eigenvalue weighted by atomic mass is 79.9. The number of fused-ring (bicyclic) bond motifs is 3. The number of aromatic nitrogens is 1. The quantitative estimate of drug-likeness (QED) is 0.673. The Labute approximate surface area is 121 Å². The minimum absolute atomic E-state index is 0.176. The van der Waals surface area contributed by atoms with Crippen LogP contribution in [0.1, 0.15) is 20.7 Å². The summed E-state index contributed by atoms with van der Waals surface area (Å²) in [6.45, 7) is 0. The van der Waals surface area contributed by atoms with Crippen molar-refractivity contribution in [3.8, 4) is 0 Å². The van der Waals surface area contributed by atoms with Crippen LogP contribution in [0.4, 0.5) is 0 Å². The Kier molecular flexibility index (Phi) is 2.76. The van der Waals surface area contributed by atoms with Crippen molar-refractivity contribution >= 4 is 49.6 Å². The summed E-state index contributed by atoms with van der Waals surface area (Å²) in [6, 6.07) is 8.26. The van der Waals surface area contributed by atoms with Gasteiger partial charge >= 0.3 is 5.97 Å². The SMILES string of the molecule is NC(=O)c1cccc2c1[nH]c1c(Br)cc(C(=O)O)cc12. The third-order valence-corrected chi connectivity index (χ3v) is 3.83. The van der Waals surface area contributed by atoms with Gasteiger partial charge in [0.05, 0.1) is 22.2 Å². The molecule has 1 aromatic heterocycles. The molecule has 1 heterocycles. The molecule has 0 unspecified atom stereocenters. The lowest BCUT2D eigenvalue weighted by atomic mass is 10.1. The third-order valence-electron chi connectivity index (χ3n) is 3.21. The van der Waals surface area contributed by atoms with Crippen LogP contribution in [0.25, 0.3) is 21.8 Å². The number of carbonyl (C=O) groups excluding carboxylic acids is 1. The molecule has 20 heavy (non-hydrogen) atoms. The fourth-order valence-electron chi connectivity index (χ4n) is 2.31. The zero-order chi connectivity index (χ0) is 14.4. The Morgan fingerprint density at radius 3 is 2.55 bits per heavy atom. The lowest BCUT2D eigenvalue weighted by molar-refractivity contribution is 0.0696. The third kappa shape index (κ3) is 1.77. The van der Waals surface area contributed by atoms with Crippen LogP contribution in [-0.4, -0.2) is 22.0 Å². The van der Waals surface area contributed by atoms with Gasteiger partial charge in [-0.15, -0.1) is 0 Å². The highest BCUT2D eigenvalue weighted by Crippen LogP contribution is 2.33. The van der Waals surface area contributed by atoms with Crippen molar-refractivity contribution in [2.24, 2.45) is 5.73 Å². The number of para-hydroxylation sites is 1. The molecular weight excluding hydrogens is 324 g/mol. The van der Waals surface area contributed by atoms with Gasteiger partial charge in [-0.25, -0.2) is 4.79 Å².